The highest BCUT2D eigenvalue weighted by molar-refractivity contribution is 5.91. The average molecular weight is 427 g/mol. The smallest absolute Gasteiger partial charge is 0.290 e. The maximum absolute atomic E-state index is 13.3. The summed E-state index contributed by atoms with van der Waals surface area (Å²) in [5.74, 6) is 0.838. The van der Waals surface area contributed by atoms with Crippen LogP contribution in [0.15, 0.2) is 71.3 Å². The number of carbonyl (C=O) groups is 1. The zero-order chi connectivity index (χ0) is 22.1. The van der Waals surface area contributed by atoms with Crippen LogP contribution >= 0.6 is 0 Å². The highest BCUT2D eigenvalue weighted by Gasteiger charge is 2.21. The van der Waals surface area contributed by atoms with Crippen LogP contribution in [-0.4, -0.2) is 38.0 Å². The van der Waals surface area contributed by atoms with Crippen LogP contribution in [0.2, 0.25) is 0 Å². The summed E-state index contributed by atoms with van der Waals surface area (Å²) in [4.78, 5) is 15.0. The molecule has 32 heavy (non-hydrogen) atoms. The van der Waals surface area contributed by atoms with Gasteiger partial charge in [-0.2, -0.15) is 4.52 Å². The van der Waals surface area contributed by atoms with Gasteiger partial charge in [0.15, 0.2) is 11.4 Å². The molecule has 0 N–H and O–H groups in total. The second-order valence-electron chi connectivity index (χ2n) is 7.63. The minimum Gasteiger partial charge on any atom is -0.497 e. The molecule has 5 rings (SSSR count). The van der Waals surface area contributed by atoms with Gasteiger partial charge in [0, 0.05) is 17.5 Å². The van der Waals surface area contributed by atoms with Gasteiger partial charge in [-0.1, -0.05) is 23.8 Å². The van der Waals surface area contributed by atoms with Gasteiger partial charge in [0.25, 0.3) is 5.91 Å². The Balaban J connectivity index is 1.56. The highest BCUT2D eigenvalue weighted by atomic mass is 16.5. The van der Waals surface area contributed by atoms with Crippen molar-refractivity contribution >= 4 is 22.5 Å². The number of ether oxygens (including phenoxy) is 1. The van der Waals surface area contributed by atoms with Gasteiger partial charge in [-0.3, -0.25) is 4.79 Å². The number of fused-ring (bicyclic) bond motifs is 3. The molecule has 8 nitrogen and oxygen atoms in total. The Morgan fingerprint density at radius 3 is 2.69 bits per heavy atom. The number of rotatable bonds is 6. The number of hydrogen-bond acceptors (Lipinski definition) is 6. The van der Waals surface area contributed by atoms with Crippen LogP contribution in [0.3, 0.4) is 0 Å². The molecule has 1 amide bonds. The zero-order valence-corrected chi connectivity index (χ0v) is 17.7. The largest absolute Gasteiger partial charge is 0.497 e. The van der Waals surface area contributed by atoms with E-state index in [0.29, 0.717) is 18.7 Å². The number of aryl methyl sites for hydroxylation is 1. The molecule has 0 aliphatic carbocycles. The topological polar surface area (TPSA) is 85.8 Å². The Kier molecular flexibility index (Phi) is 5.03. The van der Waals surface area contributed by atoms with Gasteiger partial charge < -0.3 is 14.1 Å². The maximum Gasteiger partial charge on any atom is 0.290 e. The number of pyridine rings is 1. The molecule has 0 unspecified atom stereocenters. The third-order valence-electron chi connectivity index (χ3n) is 5.41. The number of carbonyl (C=O) groups excluding carboxylic acids is 1. The van der Waals surface area contributed by atoms with Gasteiger partial charge in [0.05, 0.1) is 25.4 Å². The molecule has 0 aliphatic rings. The molecule has 0 saturated heterocycles. The third kappa shape index (κ3) is 3.66. The van der Waals surface area contributed by atoms with E-state index in [0.717, 1.165) is 33.3 Å². The van der Waals surface area contributed by atoms with Gasteiger partial charge in [0.2, 0.25) is 0 Å². The Hall–Kier alpha value is -4.20. The van der Waals surface area contributed by atoms with Crippen molar-refractivity contribution in [1.82, 2.24) is 24.9 Å². The van der Waals surface area contributed by atoms with Gasteiger partial charge in [-0.25, -0.2) is 0 Å². The van der Waals surface area contributed by atoms with Crippen molar-refractivity contribution in [2.75, 3.05) is 7.11 Å². The van der Waals surface area contributed by atoms with E-state index in [9.17, 15) is 4.79 Å². The van der Waals surface area contributed by atoms with E-state index in [4.69, 9.17) is 9.15 Å². The van der Waals surface area contributed by atoms with E-state index in [1.807, 2.05) is 49.4 Å². The summed E-state index contributed by atoms with van der Waals surface area (Å²) < 4.78 is 12.4. The molecule has 2 aromatic carbocycles. The van der Waals surface area contributed by atoms with Crippen LogP contribution in [0.4, 0.5) is 0 Å². The minimum atomic E-state index is -0.208. The van der Waals surface area contributed by atoms with Crippen molar-refractivity contribution in [3.63, 3.8) is 0 Å². The fourth-order valence-electron chi connectivity index (χ4n) is 3.81. The van der Waals surface area contributed by atoms with Crippen LogP contribution in [0.1, 0.15) is 27.2 Å². The monoisotopic (exact) mass is 427 g/mol. The molecule has 0 saturated carbocycles. The number of furan rings is 1. The maximum atomic E-state index is 13.3. The van der Waals surface area contributed by atoms with Gasteiger partial charge >= 0.3 is 0 Å². The zero-order valence-electron chi connectivity index (χ0n) is 17.7. The molecule has 0 bridgehead atoms. The number of tetrazole rings is 1. The SMILES string of the molecule is COc1ccc(CN(Cc2cc3cc(C)ccc3n3nnnc23)C(=O)c2ccco2)cc1. The lowest BCUT2D eigenvalue weighted by molar-refractivity contribution is 0.0698. The van der Waals surface area contributed by atoms with Crippen molar-refractivity contribution < 1.29 is 13.9 Å². The second kappa shape index (κ2) is 8.14. The first-order chi connectivity index (χ1) is 15.6. The number of methoxy groups -OCH3 is 1. The first-order valence-electron chi connectivity index (χ1n) is 10.2. The summed E-state index contributed by atoms with van der Waals surface area (Å²) in [5, 5.41) is 13.3. The lowest BCUT2D eigenvalue weighted by atomic mass is 10.1. The van der Waals surface area contributed by atoms with Crippen LogP contribution in [0.5, 0.6) is 5.75 Å². The molecular formula is C24H21N5O3. The fraction of sp³-hybridized carbons (Fsp3) is 0.167. The lowest BCUT2D eigenvalue weighted by Gasteiger charge is -2.22. The van der Waals surface area contributed by atoms with Gasteiger partial charge in [0.1, 0.15) is 5.75 Å². The van der Waals surface area contributed by atoms with Crippen LogP contribution in [0.25, 0.3) is 16.6 Å². The molecule has 5 aromatic rings. The Morgan fingerprint density at radius 1 is 1.09 bits per heavy atom. The summed E-state index contributed by atoms with van der Waals surface area (Å²) in [6, 6.07) is 19.2. The molecular weight excluding hydrogens is 406 g/mol. The number of benzene rings is 2. The van der Waals surface area contributed by atoms with Crippen LogP contribution < -0.4 is 4.74 Å². The van der Waals surface area contributed by atoms with Crippen molar-refractivity contribution in [3.05, 3.63) is 89.4 Å². The van der Waals surface area contributed by atoms with Crippen molar-refractivity contribution in [3.8, 4) is 5.75 Å². The Labute approximate surface area is 184 Å². The summed E-state index contributed by atoms with van der Waals surface area (Å²) in [6.45, 7) is 2.75. The van der Waals surface area contributed by atoms with E-state index in [-0.39, 0.29) is 11.7 Å². The molecule has 0 atom stereocenters. The molecule has 8 heteroatoms. The molecule has 0 aliphatic heterocycles. The van der Waals surface area contributed by atoms with Crippen molar-refractivity contribution in [2.45, 2.75) is 20.0 Å². The van der Waals surface area contributed by atoms with Gasteiger partial charge in [-0.05, 0) is 65.4 Å². The number of aromatic nitrogens is 4. The Morgan fingerprint density at radius 2 is 1.94 bits per heavy atom. The highest BCUT2D eigenvalue weighted by Crippen LogP contribution is 2.23. The second-order valence-corrected chi connectivity index (χ2v) is 7.63. The van der Waals surface area contributed by atoms with Crippen LogP contribution in [-0.2, 0) is 13.1 Å². The number of nitrogens with zero attached hydrogens (tertiary/aromatic N) is 5. The molecule has 160 valence electrons. The summed E-state index contributed by atoms with van der Waals surface area (Å²) in [6.07, 6.45) is 1.50. The average Bonchev–Trinajstić information content (AvgIpc) is 3.51. The van der Waals surface area contributed by atoms with Crippen LogP contribution in [0, 0.1) is 6.92 Å². The number of hydrogen-bond donors (Lipinski definition) is 0. The molecule has 0 spiro atoms. The normalized spacial score (nSPS) is 11.2. The lowest BCUT2D eigenvalue weighted by Crippen LogP contribution is -2.30. The fourth-order valence-corrected chi connectivity index (χ4v) is 3.81. The minimum absolute atomic E-state index is 0.208. The van der Waals surface area contributed by atoms with Gasteiger partial charge in [-0.15, -0.1) is 5.10 Å². The first kappa shape index (κ1) is 19.7. The molecule has 0 radical (unpaired) electrons. The number of amides is 1. The molecule has 3 heterocycles. The first-order valence-corrected chi connectivity index (χ1v) is 10.2. The van der Waals surface area contributed by atoms with Crippen molar-refractivity contribution in [1.29, 1.82) is 0 Å². The molecule has 3 aromatic heterocycles. The standard InChI is InChI=1S/C24H21N5O3/c1-16-5-10-21-18(12-16)13-19(23-25-26-27-29(21)23)15-28(24(30)22-4-3-11-32-22)14-17-6-8-20(31-2)9-7-17/h3-13H,14-15H2,1-2H3. The van der Waals surface area contributed by atoms with E-state index in [1.54, 1.807) is 28.7 Å². The van der Waals surface area contributed by atoms with Crippen molar-refractivity contribution in [2.24, 2.45) is 0 Å². The predicted molar refractivity (Wildman–Crippen MR) is 118 cm³/mol. The summed E-state index contributed by atoms with van der Waals surface area (Å²) in [7, 11) is 1.63. The summed E-state index contributed by atoms with van der Waals surface area (Å²) in [5.41, 5.74) is 4.49. The van der Waals surface area contributed by atoms with E-state index >= 15 is 0 Å². The quantitative estimate of drug-likeness (QED) is 0.407. The summed E-state index contributed by atoms with van der Waals surface area (Å²) >= 11 is 0. The molecule has 0 fully saturated rings. The van der Waals surface area contributed by atoms with E-state index < -0.39 is 0 Å². The van der Waals surface area contributed by atoms with E-state index in [1.165, 1.54) is 6.26 Å². The predicted octanol–water partition coefficient (Wildman–Crippen LogP) is 4.03. The Bertz CT molecular complexity index is 1390. The van der Waals surface area contributed by atoms with E-state index in [2.05, 4.69) is 21.6 Å². The third-order valence-corrected chi connectivity index (χ3v) is 5.41.